The summed E-state index contributed by atoms with van der Waals surface area (Å²) in [7, 11) is 0. The molecule has 2 heteroatoms. The summed E-state index contributed by atoms with van der Waals surface area (Å²) in [4.78, 5) is 2.51. The zero-order valence-electron chi connectivity index (χ0n) is 10.3. The summed E-state index contributed by atoms with van der Waals surface area (Å²) in [5.74, 6) is 0.718. The zero-order valence-corrected chi connectivity index (χ0v) is 10.3. The normalized spacial score (nSPS) is 31.6. The van der Waals surface area contributed by atoms with Crippen molar-refractivity contribution < 1.29 is 0 Å². The first-order valence-corrected chi connectivity index (χ1v) is 6.20. The molecule has 1 aromatic carbocycles. The van der Waals surface area contributed by atoms with Gasteiger partial charge >= 0.3 is 0 Å². The van der Waals surface area contributed by atoms with Gasteiger partial charge in [0.1, 0.15) is 0 Å². The van der Waals surface area contributed by atoms with E-state index in [1.807, 2.05) is 0 Å². The van der Waals surface area contributed by atoms with Crippen LogP contribution in [-0.4, -0.2) is 23.5 Å². The van der Waals surface area contributed by atoms with Crippen molar-refractivity contribution in [3.63, 3.8) is 0 Å². The highest BCUT2D eigenvalue weighted by molar-refractivity contribution is 5.14. The lowest BCUT2D eigenvalue weighted by molar-refractivity contribution is 0.0986. The monoisotopic (exact) mass is 218 g/mol. The van der Waals surface area contributed by atoms with Gasteiger partial charge in [-0.2, -0.15) is 0 Å². The van der Waals surface area contributed by atoms with E-state index in [1.165, 1.54) is 12.1 Å². The molecule has 0 bridgehead atoms. The molecule has 16 heavy (non-hydrogen) atoms. The molecule has 2 rings (SSSR count). The van der Waals surface area contributed by atoms with Gasteiger partial charge in [-0.3, -0.25) is 4.90 Å². The molecule has 88 valence electrons. The molecule has 0 saturated carbocycles. The van der Waals surface area contributed by atoms with Gasteiger partial charge in [0.05, 0.1) is 0 Å². The van der Waals surface area contributed by atoms with Gasteiger partial charge in [0, 0.05) is 25.2 Å². The fourth-order valence-corrected chi connectivity index (χ4v) is 2.60. The maximum Gasteiger partial charge on any atom is 0.0237 e. The highest BCUT2D eigenvalue weighted by Gasteiger charge is 2.28. The first-order chi connectivity index (χ1) is 7.66. The van der Waals surface area contributed by atoms with Gasteiger partial charge in [-0.15, -0.1) is 0 Å². The second kappa shape index (κ2) is 4.98. The van der Waals surface area contributed by atoms with Crippen molar-refractivity contribution >= 4 is 0 Å². The average Bonchev–Trinajstić information content (AvgIpc) is 2.27. The van der Waals surface area contributed by atoms with Crippen molar-refractivity contribution in [2.75, 3.05) is 6.54 Å². The standard InChI is InChI=1S/C14H22N2/c1-11-8-14(15)12(2)16(9-11)10-13-6-4-3-5-7-13/h3-7,11-12,14H,8-10,15H2,1-2H3/t11-,12-,14+/m0/s1. The summed E-state index contributed by atoms with van der Waals surface area (Å²) < 4.78 is 0. The molecule has 1 aromatic rings. The Balaban J connectivity index is 2.03. The maximum absolute atomic E-state index is 6.17. The average molecular weight is 218 g/mol. The number of rotatable bonds is 2. The van der Waals surface area contributed by atoms with E-state index in [0.717, 1.165) is 18.9 Å². The van der Waals surface area contributed by atoms with Crippen LogP contribution in [0.4, 0.5) is 0 Å². The predicted molar refractivity (Wildman–Crippen MR) is 68.1 cm³/mol. The number of piperidine rings is 1. The van der Waals surface area contributed by atoms with Gasteiger partial charge in [-0.1, -0.05) is 37.3 Å². The first-order valence-electron chi connectivity index (χ1n) is 6.20. The lowest BCUT2D eigenvalue weighted by atomic mass is 9.90. The van der Waals surface area contributed by atoms with Crippen LogP contribution >= 0.6 is 0 Å². The third-order valence-electron chi connectivity index (χ3n) is 3.64. The van der Waals surface area contributed by atoms with Crippen molar-refractivity contribution in [3.05, 3.63) is 35.9 Å². The maximum atomic E-state index is 6.17. The lowest BCUT2D eigenvalue weighted by Gasteiger charge is -2.40. The third-order valence-corrected chi connectivity index (χ3v) is 3.64. The zero-order chi connectivity index (χ0) is 11.5. The van der Waals surface area contributed by atoms with Crippen LogP contribution in [0.1, 0.15) is 25.8 Å². The van der Waals surface area contributed by atoms with Crippen LogP contribution in [0.25, 0.3) is 0 Å². The molecule has 0 amide bonds. The quantitative estimate of drug-likeness (QED) is 0.825. The summed E-state index contributed by atoms with van der Waals surface area (Å²) in [6, 6.07) is 11.5. The van der Waals surface area contributed by atoms with Gasteiger partial charge in [0.15, 0.2) is 0 Å². The van der Waals surface area contributed by atoms with Crippen molar-refractivity contribution in [1.29, 1.82) is 0 Å². The molecule has 1 aliphatic heterocycles. The van der Waals surface area contributed by atoms with E-state index < -0.39 is 0 Å². The molecular formula is C14H22N2. The Hall–Kier alpha value is -0.860. The Kier molecular flexibility index (Phi) is 3.62. The largest absolute Gasteiger partial charge is 0.326 e. The Morgan fingerprint density at radius 1 is 1.25 bits per heavy atom. The predicted octanol–water partition coefficient (Wildman–Crippen LogP) is 2.24. The topological polar surface area (TPSA) is 29.3 Å². The molecule has 0 aromatic heterocycles. The summed E-state index contributed by atoms with van der Waals surface area (Å²) in [5.41, 5.74) is 7.56. The number of nitrogens with zero attached hydrogens (tertiary/aromatic N) is 1. The molecule has 3 atom stereocenters. The van der Waals surface area contributed by atoms with Crippen LogP contribution < -0.4 is 5.73 Å². The minimum absolute atomic E-state index is 0.326. The molecule has 0 aliphatic carbocycles. The summed E-state index contributed by atoms with van der Waals surface area (Å²) >= 11 is 0. The van der Waals surface area contributed by atoms with Gasteiger partial charge in [-0.05, 0) is 24.8 Å². The molecule has 0 radical (unpaired) electrons. The van der Waals surface area contributed by atoms with Crippen LogP contribution in [0.5, 0.6) is 0 Å². The van der Waals surface area contributed by atoms with E-state index in [2.05, 4.69) is 49.1 Å². The Labute approximate surface area is 98.4 Å². The molecular weight excluding hydrogens is 196 g/mol. The molecule has 1 aliphatic rings. The highest BCUT2D eigenvalue weighted by Crippen LogP contribution is 2.22. The fraction of sp³-hybridized carbons (Fsp3) is 0.571. The smallest absolute Gasteiger partial charge is 0.0237 e. The summed E-state index contributed by atoms with van der Waals surface area (Å²) in [6.07, 6.45) is 1.16. The fourth-order valence-electron chi connectivity index (χ4n) is 2.60. The lowest BCUT2D eigenvalue weighted by Crippen LogP contribution is -2.52. The first kappa shape index (κ1) is 11.6. The summed E-state index contributed by atoms with van der Waals surface area (Å²) in [5, 5.41) is 0. The van der Waals surface area contributed by atoms with E-state index in [0.29, 0.717) is 12.1 Å². The van der Waals surface area contributed by atoms with E-state index in [1.54, 1.807) is 0 Å². The second-order valence-electron chi connectivity index (χ2n) is 5.16. The molecule has 2 nitrogen and oxygen atoms in total. The van der Waals surface area contributed by atoms with Crippen molar-refractivity contribution in [2.45, 2.75) is 38.9 Å². The van der Waals surface area contributed by atoms with Crippen LogP contribution in [0.15, 0.2) is 30.3 Å². The number of likely N-dealkylation sites (tertiary alicyclic amines) is 1. The SMILES string of the molecule is C[C@H]1C[C@@H](N)[C@H](C)N(Cc2ccccc2)C1. The van der Waals surface area contributed by atoms with E-state index in [-0.39, 0.29) is 0 Å². The van der Waals surface area contributed by atoms with E-state index in [4.69, 9.17) is 5.73 Å². The minimum atomic E-state index is 0.326. The van der Waals surface area contributed by atoms with E-state index in [9.17, 15) is 0 Å². The Bertz CT molecular complexity index is 323. The van der Waals surface area contributed by atoms with Crippen LogP contribution in [0.3, 0.4) is 0 Å². The van der Waals surface area contributed by atoms with Crippen LogP contribution in [0.2, 0.25) is 0 Å². The number of benzene rings is 1. The van der Waals surface area contributed by atoms with Crippen molar-refractivity contribution in [1.82, 2.24) is 4.90 Å². The number of hydrogen-bond donors (Lipinski definition) is 1. The molecule has 1 fully saturated rings. The van der Waals surface area contributed by atoms with Crippen molar-refractivity contribution in [2.24, 2.45) is 11.7 Å². The summed E-state index contributed by atoms with van der Waals surface area (Å²) in [6.45, 7) is 6.74. The Morgan fingerprint density at radius 2 is 1.94 bits per heavy atom. The minimum Gasteiger partial charge on any atom is -0.326 e. The van der Waals surface area contributed by atoms with Gasteiger partial charge in [0.25, 0.3) is 0 Å². The van der Waals surface area contributed by atoms with E-state index >= 15 is 0 Å². The molecule has 1 heterocycles. The third kappa shape index (κ3) is 2.63. The van der Waals surface area contributed by atoms with Gasteiger partial charge in [0.2, 0.25) is 0 Å². The Morgan fingerprint density at radius 3 is 2.62 bits per heavy atom. The molecule has 1 saturated heterocycles. The molecule has 0 unspecified atom stereocenters. The molecule has 2 N–H and O–H groups in total. The second-order valence-corrected chi connectivity index (χ2v) is 5.16. The highest BCUT2D eigenvalue weighted by atomic mass is 15.2. The van der Waals surface area contributed by atoms with Crippen LogP contribution in [0, 0.1) is 5.92 Å². The van der Waals surface area contributed by atoms with Gasteiger partial charge < -0.3 is 5.73 Å². The van der Waals surface area contributed by atoms with Crippen LogP contribution in [-0.2, 0) is 6.54 Å². The number of nitrogens with two attached hydrogens (primary N) is 1. The molecule has 0 spiro atoms. The van der Waals surface area contributed by atoms with Gasteiger partial charge in [-0.25, -0.2) is 0 Å². The number of hydrogen-bond acceptors (Lipinski definition) is 2. The van der Waals surface area contributed by atoms with Crippen molar-refractivity contribution in [3.8, 4) is 0 Å².